The maximum atomic E-state index is 14.4. The van der Waals surface area contributed by atoms with Crippen LogP contribution in [-0.4, -0.2) is 37.9 Å². The third kappa shape index (κ3) is 3.70. The van der Waals surface area contributed by atoms with E-state index in [2.05, 4.69) is 20.0 Å². The number of amides is 1. The Labute approximate surface area is 182 Å². The summed E-state index contributed by atoms with van der Waals surface area (Å²) in [5.41, 5.74) is -0.539. The minimum atomic E-state index is -0.768. The van der Waals surface area contributed by atoms with Crippen LogP contribution in [0.4, 0.5) is 9.39 Å². The minimum Gasteiger partial charge on any atom is -0.461 e. The van der Waals surface area contributed by atoms with Gasteiger partial charge in [-0.3, -0.25) is 9.59 Å². The molecule has 12 heteroatoms. The zero-order valence-electron chi connectivity index (χ0n) is 16.2. The van der Waals surface area contributed by atoms with Gasteiger partial charge in [-0.05, 0) is 37.5 Å². The average Bonchev–Trinajstić information content (AvgIpc) is 3.36. The molecule has 4 aromatic rings. The van der Waals surface area contributed by atoms with Crippen LogP contribution in [0.5, 0.6) is 0 Å². The van der Waals surface area contributed by atoms with E-state index in [1.54, 1.807) is 13.8 Å². The Morgan fingerprint density at radius 1 is 1.29 bits per heavy atom. The number of hydrogen-bond acceptors (Lipinski definition) is 9. The van der Waals surface area contributed by atoms with E-state index in [9.17, 15) is 18.8 Å². The molecule has 0 saturated carbocycles. The maximum absolute atomic E-state index is 14.4. The predicted molar refractivity (Wildman–Crippen MR) is 114 cm³/mol. The van der Waals surface area contributed by atoms with E-state index in [0.717, 1.165) is 27.6 Å². The minimum absolute atomic E-state index is 0.0229. The van der Waals surface area contributed by atoms with Gasteiger partial charge >= 0.3 is 5.97 Å². The van der Waals surface area contributed by atoms with Gasteiger partial charge in [-0.15, -0.1) is 16.4 Å². The summed E-state index contributed by atoms with van der Waals surface area (Å²) in [4.78, 5) is 38.7. The van der Waals surface area contributed by atoms with Crippen LogP contribution >= 0.6 is 22.9 Å². The molecule has 0 fully saturated rings. The van der Waals surface area contributed by atoms with Crippen molar-refractivity contribution in [1.82, 2.24) is 19.4 Å². The second-order valence-electron chi connectivity index (χ2n) is 6.23. The highest BCUT2D eigenvalue weighted by atomic mass is 32.1. The number of thiophene rings is 1. The van der Waals surface area contributed by atoms with Crippen molar-refractivity contribution < 1.29 is 18.7 Å². The van der Waals surface area contributed by atoms with E-state index in [0.29, 0.717) is 5.69 Å². The fourth-order valence-corrected chi connectivity index (χ4v) is 4.36. The molecule has 0 unspecified atom stereocenters. The van der Waals surface area contributed by atoms with E-state index >= 15 is 0 Å². The molecular formula is C19H14FN5O4S2. The first-order chi connectivity index (χ1) is 14.9. The third-order valence-corrected chi connectivity index (χ3v) is 6.01. The number of nitrogens with one attached hydrogen (secondary N) is 1. The zero-order chi connectivity index (χ0) is 22.1. The number of benzene rings is 1. The summed E-state index contributed by atoms with van der Waals surface area (Å²) in [6, 6.07) is 5.54. The standard InChI is InChI=1S/C19H14FN5O4S2/c1-3-29-19(28)14-10-8-30-17(21-16(26)15-9(2)22-24-31-15)13(10)18(27)25(23-14)12-7-5-4-6-11(12)20/h4-8H,3H2,1-2H3,(H,21,26). The summed E-state index contributed by atoms with van der Waals surface area (Å²) in [5.74, 6) is -1.96. The van der Waals surface area contributed by atoms with E-state index in [4.69, 9.17) is 4.74 Å². The lowest BCUT2D eigenvalue weighted by molar-refractivity contribution is 0.0519. The second-order valence-corrected chi connectivity index (χ2v) is 7.87. The monoisotopic (exact) mass is 459 g/mol. The Hall–Kier alpha value is -3.51. The number of esters is 1. The van der Waals surface area contributed by atoms with Crippen LogP contribution in [0.1, 0.15) is 32.8 Å². The fraction of sp³-hybridized carbons (Fsp3) is 0.158. The Kier molecular flexibility index (Phi) is 5.57. The number of rotatable bonds is 5. The Bertz CT molecular complexity index is 1380. The molecule has 0 aliphatic heterocycles. The number of anilines is 1. The molecular weight excluding hydrogens is 445 g/mol. The van der Waals surface area contributed by atoms with Gasteiger partial charge in [0.1, 0.15) is 21.4 Å². The number of carbonyl (C=O) groups excluding carboxylic acids is 2. The molecule has 1 aromatic carbocycles. The van der Waals surface area contributed by atoms with Crippen LogP contribution in [0, 0.1) is 12.7 Å². The van der Waals surface area contributed by atoms with Gasteiger partial charge in [-0.2, -0.15) is 9.78 Å². The highest BCUT2D eigenvalue weighted by Gasteiger charge is 2.24. The molecule has 0 bridgehead atoms. The van der Waals surface area contributed by atoms with Gasteiger partial charge in [0.05, 0.1) is 17.7 Å². The predicted octanol–water partition coefficient (Wildman–Crippen LogP) is 3.18. The number of aromatic nitrogens is 4. The number of hydrogen-bond donors (Lipinski definition) is 1. The van der Waals surface area contributed by atoms with Crippen molar-refractivity contribution in [3.63, 3.8) is 0 Å². The molecule has 0 aliphatic carbocycles. The van der Waals surface area contributed by atoms with E-state index in [-0.39, 0.29) is 38.6 Å². The van der Waals surface area contributed by atoms with Gasteiger partial charge in [0.2, 0.25) is 0 Å². The Balaban J connectivity index is 1.93. The van der Waals surface area contributed by atoms with E-state index < -0.39 is 23.3 Å². The summed E-state index contributed by atoms with van der Waals surface area (Å²) in [7, 11) is 0. The molecule has 158 valence electrons. The second kappa shape index (κ2) is 8.32. The lowest BCUT2D eigenvalue weighted by Gasteiger charge is -2.10. The van der Waals surface area contributed by atoms with Crippen LogP contribution in [0.15, 0.2) is 34.4 Å². The number of aryl methyl sites for hydroxylation is 1. The molecule has 0 saturated heterocycles. The maximum Gasteiger partial charge on any atom is 0.359 e. The lowest BCUT2D eigenvalue weighted by Crippen LogP contribution is -2.26. The largest absolute Gasteiger partial charge is 0.461 e. The van der Waals surface area contributed by atoms with Crippen molar-refractivity contribution in [2.75, 3.05) is 11.9 Å². The van der Waals surface area contributed by atoms with Gasteiger partial charge in [-0.1, -0.05) is 16.6 Å². The number of ether oxygens (including phenoxy) is 1. The van der Waals surface area contributed by atoms with Gasteiger partial charge in [0, 0.05) is 10.8 Å². The molecule has 3 heterocycles. The quantitative estimate of drug-likeness (QED) is 0.456. The van der Waals surface area contributed by atoms with Gasteiger partial charge in [0.25, 0.3) is 11.5 Å². The van der Waals surface area contributed by atoms with Gasteiger partial charge in [0.15, 0.2) is 5.69 Å². The van der Waals surface area contributed by atoms with Crippen LogP contribution < -0.4 is 10.9 Å². The molecule has 0 radical (unpaired) electrons. The first-order valence-electron chi connectivity index (χ1n) is 8.99. The summed E-state index contributed by atoms with van der Waals surface area (Å²) >= 11 is 1.96. The van der Waals surface area contributed by atoms with Crippen LogP contribution in [0.2, 0.25) is 0 Å². The molecule has 1 N–H and O–H groups in total. The number of halogens is 1. The topological polar surface area (TPSA) is 116 Å². The van der Waals surface area contributed by atoms with Crippen LogP contribution in [0.25, 0.3) is 16.5 Å². The highest BCUT2D eigenvalue weighted by Crippen LogP contribution is 2.31. The first-order valence-corrected chi connectivity index (χ1v) is 10.6. The highest BCUT2D eigenvalue weighted by molar-refractivity contribution is 7.16. The molecule has 9 nitrogen and oxygen atoms in total. The zero-order valence-corrected chi connectivity index (χ0v) is 17.8. The summed E-state index contributed by atoms with van der Waals surface area (Å²) in [5, 5.41) is 12.5. The normalized spacial score (nSPS) is 10.9. The van der Waals surface area contributed by atoms with Crippen molar-refractivity contribution in [2.45, 2.75) is 13.8 Å². The molecule has 1 amide bonds. The SMILES string of the molecule is CCOC(=O)c1nn(-c2ccccc2F)c(=O)c2c(NC(=O)c3snnc3C)scc12. The summed E-state index contributed by atoms with van der Waals surface area (Å²) in [6.45, 7) is 3.36. The molecule has 0 atom stereocenters. The van der Waals surface area contributed by atoms with Crippen molar-refractivity contribution in [2.24, 2.45) is 0 Å². The number of fused-ring (bicyclic) bond motifs is 1. The summed E-state index contributed by atoms with van der Waals surface area (Å²) in [6.07, 6.45) is 0. The fourth-order valence-electron chi connectivity index (χ4n) is 2.88. The molecule has 31 heavy (non-hydrogen) atoms. The summed E-state index contributed by atoms with van der Waals surface area (Å²) < 4.78 is 24.0. The molecule has 4 rings (SSSR count). The third-order valence-electron chi connectivity index (χ3n) is 4.29. The lowest BCUT2D eigenvalue weighted by atomic mass is 10.2. The molecule has 0 aliphatic rings. The van der Waals surface area contributed by atoms with E-state index in [1.807, 2.05) is 0 Å². The Morgan fingerprint density at radius 2 is 2.06 bits per heavy atom. The van der Waals surface area contributed by atoms with Gasteiger partial charge in [-0.25, -0.2) is 9.18 Å². The van der Waals surface area contributed by atoms with Crippen molar-refractivity contribution in [3.05, 3.63) is 62.1 Å². The smallest absolute Gasteiger partial charge is 0.359 e. The van der Waals surface area contributed by atoms with Gasteiger partial charge < -0.3 is 10.1 Å². The van der Waals surface area contributed by atoms with Crippen molar-refractivity contribution in [1.29, 1.82) is 0 Å². The molecule has 3 aromatic heterocycles. The number of para-hydroxylation sites is 1. The average molecular weight is 459 g/mol. The number of nitrogens with zero attached hydrogens (tertiary/aromatic N) is 4. The van der Waals surface area contributed by atoms with Crippen LogP contribution in [0.3, 0.4) is 0 Å². The van der Waals surface area contributed by atoms with Crippen molar-refractivity contribution >= 4 is 50.5 Å². The molecule has 0 spiro atoms. The number of carbonyl (C=O) groups is 2. The van der Waals surface area contributed by atoms with E-state index in [1.165, 1.54) is 29.6 Å². The van der Waals surface area contributed by atoms with Crippen molar-refractivity contribution in [3.8, 4) is 5.69 Å². The Morgan fingerprint density at radius 3 is 2.74 bits per heavy atom. The first kappa shape index (κ1) is 20.8. The van der Waals surface area contributed by atoms with Crippen LogP contribution in [-0.2, 0) is 4.74 Å².